The van der Waals surface area contributed by atoms with Crippen LogP contribution < -0.4 is 11.2 Å². The van der Waals surface area contributed by atoms with Gasteiger partial charge in [-0.2, -0.15) is 0 Å². The van der Waals surface area contributed by atoms with Gasteiger partial charge in [0.2, 0.25) is 0 Å². The van der Waals surface area contributed by atoms with E-state index in [2.05, 4.69) is 9.97 Å². The average Bonchev–Trinajstić information content (AvgIpc) is 2.28. The van der Waals surface area contributed by atoms with Crippen LogP contribution in [-0.4, -0.2) is 14.5 Å². The van der Waals surface area contributed by atoms with E-state index in [0.29, 0.717) is 5.56 Å². The van der Waals surface area contributed by atoms with Gasteiger partial charge >= 0.3 is 5.69 Å². The van der Waals surface area contributed by atoms with Gasteiger partial charge in [0.1, 0.15) is 5.82 Å². The largest absolute Gasteiger partial charge is 0.328 e. The fourth-order valence-corrected chi connectivity index (χ4v) is 1.53. The molecule has 0 radical (unpaired) electrons. The minimum atomic E-state index is -0.525. The van der Waals surface area contributed by atoms with Crippen molar-refractivity contribution in [2.75, 3.05) is 0 Å². The molecule has 5 nitrogen and oxygen atoms in total. The first kappa shape index (κ1) is 11.3. The molecule has 0 aliphatic rings. The van der Waals surface area contributed by atoms with Crippen LogP contribution in [0.15, 0.2) is 34.1 Å². The predicted octanol–water partition coefficient (Wildman–Crippen LogP) is 0.758. The minimum absolute atomic E-state index is 0.261. The smallest absolute Gasteiger partial charge is 0.307 e. The monoisotopic (exact) mass is 235 g/mol. The summed E-state index contributed by atoms with van der Waals surface area (Å²) in [6.07, 6.45) is 2.43. The first-order valence-corrected chi connectivity index (χ1v) is 5.07. The number of nitrogens with zero attached hydrogens (tertiary/aromatic N) is 2. The van der Waals surface area contributed by atoms with Crippen LogP contribution in [0.4, 0.5) is 4.39 Å². The maximum Gasteiger partial charge on any atom is 0.328 e. The molecule has 0 amide bonds. The van der Waals surface area contributed by atoms with Gasteiger partial charge in [0.25, 0.3) is 5.56 Å². The van der Waals surface area contributed by atoms with Crippen LogP contribution >= 0.6 is 0 Å². The number of rotatable bonds is 2. The standard InChI is InChI=1S/C11H10FN3O2/c1-2-15-10(16)4-9(14-11(15)17)7-3-8(12)6-13-5-7/h3-6H,2H2,1H3,(H,14,17). The maximum absolute atomic E-state index is 13.0. The lowest BCUT2D eigenvalue weighted by molar-refractivity contribution is 0.621. The third-order valence-corrected chi connectivity index (χ3v) is 2.35. The number of aromatic nitrogens is 3. The zero-order valence-corrected chi connectivity index (χ0v) is 9.11. The molecule has 17 heavy (non-hydrogen) atoms. The summed E-state index contributed by atoms with van der Waals surface area (Å²) in [5.41, 5.74) is -0.311. The molecular weight excluding hydrogens is 225 g/mol. The zero-order chi connectivity index (χ0) is 12.4. The third kappa shape index (κ3) is 2.15. The molecule has 2 heterocycles. The lowest BCUT2D eigenvalue weighted by atomic mass is 10.2. The van der Waals surface area contributed by atoms with Gasteiger partial charge in [-0.25, -0.2) is 9.18 Å². The van der Waals surface area contributed by atoms with Crippen molar-refractivity contribution in [2.24, 2.45) is 0 Å². The number of aromatic amines is 1. The Labute approximate surface area is 95.6 Å². The second-order valence-corrected chi connectivity index (χ2v) is 3.46. The molecule has 0 unspecified atom stereocenters. The van der Waals surface area contributed by atoms with Gasteiger partial charge in [0.15, 0.2) is 0 Å². The zero-order valence-electron chi connectivity index (χ0n) is 9.11. The molecule has 0 aromatic carbocycles. The number of nitrogens with one attached hydrogen (secondary N) is 1. The SMILES string of the molecule is CCn1c(=O)cc(-c2cncc(F)c2)[nH]c1=O. The number of halogens is 1. The van der Waals surface area contributed by atoms with Crippen molar-refractivity contribution in [3.8, 4) is 11.3 Å². The summed E-state index contributed by atoms with van der Waals surface area (Å²) in [6, 6.07) is 2.45. The minimum Gasteiger partial charge on any atom is -0.307 e. The first-order chi connectivity index (χ1) is 8.11. The Morgan fingerprint density at radius 1 is 1.35 bits per heavy atom. The molecule has 0 saturated carbocycles. The van der Waals surface area contributed by atoms with Crippen LogP contribution in [0.25, 0.3) is 11.3 Å². The Balaban J connectivity index is 2.63. The molecule has 0 saturated heterocycles. The Hall–Kier alpha value is -2.24. The van der Waals surface area contributed by atoms with E-state index in [0.717, 1.165) is 10.8 Å². The van der Waals surface area contributed by atoms with Gasteiger partial charge in [-0.15, -0.1) is 0 Å². The van der Waals surface area contributed by atoms with Gasteiger partial charge in [-0.05, 0) is 13.0 Å². The molecule has 0 aliphatic carbocycles. The molecule has 0 fully saturated rings. The van der Waals surface area contributed by atoms with Crippen LogP contribution in [0.5, 0.6) is 0 Å². The highest BCUT2D eigenvalue weighted by Gasteiger charge is 2.05. The molecule has 6 heteroatoms. The molecule has 2 aromatic rings. The number of hydrogen-bond acceptors (Lipinski definition) is 3. The van der Waals surface area contributed by atoms with E-state index in [1.807, 2.05) is 0 Å². The summed E-state index contributed by atoms with van der Waals surface area (Å²) in [5.74, 6) is -0.525. The normalized spacial score (nSPS) is 10.5. The molecule has 0 atom stereocenters. The van der Waals surface area contributed by atoms with E-state index < -0.39 is 17.1 Å². The van der Waals surface area contributed by atoms with Crippen molar-refractivity contribution in [1.29, 1.82) is 0 Å². The molecule has 2 aromatic heterocycles. The summed E-state index contributed by atoms with van der Waals surface area (Å²) in [7, 11) is 0. The fourth-order valence-electron chi connectivity index (χ4n) is 1.53. The van der Waals surface area contributed by atoms with E-state index in [4.69, 9.17) is 0 Å². The highest BCUT2D eigenvalue weighted by atomic mass is 19.1. The predicted molar refractivity (Wildman–Crippen MR) is 60.2 cm³/mol. The Morgan fingerprint density at radius 3 is 2.71 bits per heavy atom. The van der Waals surface area contributed by atoms with Crippen LogP contribution in [-0.2, 0) is 6.54 Å². The molecule has 88 valence electrons. The molecule has 2 rings (SSSR count). The summed E-state index contributed by atoms with van der Waals surface area (Å²) in [5, 5.41) is 0. The summed E-state index contributed by atoms with van der Waals surface area (Å²) < 4.78 is 14.0. The van der Waals surface area contributed by atoms with Crippen molar-refractivity contribution in [1.82, 2.24) is 14.5 Å². The summed E-state index contributed by atoms with van der Waals surface area (Å²) in [6.45, 7) is 1.98. The molecule has 0 aliphatic heterocycles. The summed E-state index contributed by atoms with van der Waals surface area (Å²) in [4.78, 5) is 29.3. The first-order valence-electron chi connectivity index (χ1n) is 5.07. The Morgan fingerprint density at radius 2 is 2.12 bits per heavy atom. The van der Waals surface area contributed by atoms with Gasteiger partial charge in [0.05, 0.1) is 11.9 Å². The van der Waals surface area contributed by atoms with Gasteiger partial charge in [-0.3, -0.25) is 14.3 Å². The number of H-pyrrole nitrogens is 1. The van der Waals surface area contributed by atoms with Gasteiger partial charge < -0.3 is 4.98 Å². The lowest BCUT2D eigenvalue weighted by Gasteiger charge is -2.03. The molecule has 0 bridgehead atoms. The van der Waals surface area contributed by atoms with Crippen LogP contribution in [0.3, 0.4) is 0 Å². The van der Waals surface area contributed by atoms with E-state index in [9.17, 15) is 14.0 Å². The highest BCUT2D eigenvalue weighted by molar-refractivity contribution is 5.56. The highest BCUT2D eigenvalue weighted by Crippen LogP contribution is 2.13. The Bertz CT molecular complexity index is 629. The van der Waals surface area contributed by atoms with E-state index in [-0.39, 0.29) is 12.2 Å². The molecule has 0 spiro atoms. The van der Waals surface area contributed by atoms with Crippen LogP contribution in [0.1, 0.15) is 6.92 Å². The molecule has 1 N–H and O–H groups in total. The number of hydrogen-bond donors (Lipinski definition) is 1. The third-order valence-electron chi connectivity index (χ3n) is 2.35. The van der Waals surface area contributed by atoms with Crippen molar-refractivity contribution in [3.63, 3.8) is 0 Å². The fraction of sp³-hybridized carbons (Fsp3) is 0.182. The lowest BCUT2D eigenvalue weighted by Crippen LogP contribution is -2.34. The van der Waals surface area contributed by atoms with E-state index in [1.54, 1.807) is 6.92 Å². The van der Waals surface area contributed by atoms with Crippen molar-refractivity contribution >= 4 is 0 Å². The van der Waals surface area contributed by atoms with Crippen LogP contribution in [0.2, 0.25) is 0 Å². The second kappa shape index (κ2) is 4.32. The average molecular weight is 235 g/mol. The number of pyridine rings is 1. The summed E-state index contributed by atoms with van der Waals surface area (Å²) >= 11 is 0. The van der Waals surface area contributed by atoms with Gasteiger partial charge in [-0.1, -0.05) is 0 Å². The second-order valence-electron chi connectivity index (χ2n) is 3.46. The topological polar surface area (TPSA) is 67.8 Å². The van der Waals surface area contributed by atoms with Gasteiger partial charge in [0, 0.05) is 24.4 Å². The van der Waals surface area contributed by atoms with E-state index >= 15 is 0 Å². The quantitative estimate of drug-likeness (QED) is 0.835. The van der Waals surface area contributed by atoms with Crippen molar-refractivity contribution in [3.05, 3.63) is 51.2 Å². The van der Waals surface area contributed by atoms with Crippen LogP contribution in [0, 0.1) is 5.82 Å². The Kier molecular flexibility index (Phi) is 2.86. The molecular formula is C11H10FN3O2. The maximum atomic E-state index is 13.0. The van der Waals surface area contributed by atoms with Crippen molar-refractivity contribution in [2.45, 2.75) is 13.5 Å². The van der Waals surface area contributed by atoms with Crippen molar-refractivity contribution < 1.29 is 4.39 Å². The van der Waals surface area contributed by atoms with E-state index in [1.165, 1.54) is 18.3 Å².